The number of nitrogens with one attached hydrogen (secondary N) is 1. The summed E-state index contributed by atoms with van der Waals surface area (Å²) in [6.07, 6.45) is 0.756. The molecular formula is C14H17NO5. The van der Waals surface area contributed by atoms with Crippen LogP contribution in [0, 0.1) is 0 Å². The van der Waals surface area contributed by atoms with Gasteiger partial charge in [0.2, 0.25) is 5.91 Å². The fourth-order valence-electron chi connectivity index (χ4n) is 1.88. The Balaban J connectivity index is 1.88. The lowest BCUT2D eigenvalue weighted by Crippen LogP contribution is -2.38. The molecule has 0 unspecified atom stereocenters. The van der Waals surface area contributed by atoms with Crippen molar-refractivity contribution in [3.05, 3.63) is 23.8 Å². The van der Waals surface area contributed by atoms with Gasteiger partial charge in [0.05, 0.1) is 0 Å². The Morgan fingerprint density at radius 2 is 2.00 bits per heavy atom. The van der Waals surface area contributed by atoms with Crippen LogP contribution in [0.25, 0.3) is 0 Å². The number of aryl methyl sites for hydroxylation is 1. The minimum atomic E-state index is -1.04. The number of ether oxygens (including phenoxy) is 2. The van der Waals surface area contributed by atoms with Crippen LogP contribution in [0.4, 0.5) is 0 Å². The minimum Gasteiger partial charge on any atom is -0.486 e. The molecule has 1 amide bonds. The number of carboxylic acid groups (broad SMARTS) is 1. The molecule has 1 aromatic rings. The maximum Gasteiger partial charge on any atom is 0.325 e. The van der Waals surface area contributed by atoms with Crippen molar-refractivity contribution in [2.45, 2.75) is 25.8 Å². The molecule has 2 rings (SSSR count). The van der Waals surface area contributed by atoms with E-state index in [9.17, 15) is 9.59 Å². The summed E-state index contributed by atoms with van der Waals surface area (Å²) in [7, 11) is 0. The van der Waals surface area contributed by atoms with Crippen molar-refractivity contribution < 1.29 is 24.2 Å². The van der Waals surface area contributed by atoms with Gasteiger partial charge >= 0.3 is 5.97 Å². The van der Waals surface area contributed by atoms with Crippen molar-refractivity contribution in [3.63, 3.8) is 0 Å². The van der Waals surface area contributed by atoms with Crippen LogP contribution in [-0.4, -0.2) is 36.2 Å². The first-order chi connectivity index (χ1) is 9.56. The van der Waals surface area contributed by atoms with Gasteiger partial charge in [0.25, 0.3) is 0 Å². The number of hydrogen-bond donors (Lipinski definition) is 2. The van der Waals surface area contributed by atoms with E-state index in [4.69, 9.17) is 14.6 Å². The van der Waals surface area contributed by atoms with Crippen LogP contribution in [0.15, 0.2) is 18.2 Å². The highest BCUT2D eigenvalue weighted by molar-refractivity contribution is 5.83. The molecule has 6 nitrogen and oxygen atoms in total. The van der Waals surface area contributed by atoms with Crippen molar-refractivity contribution in [1.29, 1.82) is 0 Å². The fraction of sp³-hybridized carbons (Fsp3) is 0.429. The molecule has 0 saturated heterocycles. The molecule has 0 bridgehead atoms. The largest absolute Gasteiger partial charge is 0.486 e. The molecule has 1 atom stereocenters. The number of hydrogen-bond acceptors (Lipinski definition) is 4. The number of fused-ring (bicyclic) bond motifs is 1. The van der Waals surface area contributed by atoms with Gasteiger partial charge < -0.3 is 19.9 Å². The van der Waals surface area contributed by atoms with Crippen LogP contribution < -0.4 is 14.8 Å². The van der Waals surface area contributed by atoms with Crippen molar-refractivity contribution in [1.82, 2.24) is 5.32 Å². The number of carbonyl (C=O) groups excluding carboxylic acids is 1. The SMILES string of the molecule is C[C@H](NC(=O)CCc1ccc2c(c1)OCCO2)C(=O)O. The van der Waals surface area contributed by atoms with Gasteiger partial charge in [-0.25, -0.2) is 0 Å². The minimum absolute atomic E-state index is 0.233. The number of benzene rings is 1. The van der Waals surface area contributed by atoms with Gasteiger partial charge in [-0.1, -0.05) is 6.07 Å². The van der Waals surface area contributed by atoms with E-state index < -0.39 is 12.0 Å². The van der Waals surface area contributed by atoms with Gasteiger partial charge in [-0.05, 0) is 31.0 Å². The molecule has 6 heteroatoms. The summed E-state index contributed by atoms with van der Waals surface area (Å²) in [6, 6.07) is 4.67. The molecule has 0 radical (unpaired) electrons. The van der Waals surface area contributed by atoms with Crippen molar-refractivity contribution in [2.75, 3.05) is 13.2 Å². The number of aliphatic carboxylic acids is 1. The molecule has 1 aliphatic heterocycles. The first-order valence-corrected chi connectivity index (χ1v) is 6.47. The van der Waals surface area contributed by atoms with E-state index in [-0.39, 0.29) is 12.3 Å². The number of amides is 1. The zero-order valence-electron chi connectivity index (χ0n) is 11.2. The third kappa shape index (κ3) is 3.63. The molecule has 0 saturated carbocycles. The summed E-state index contributed by atoms with van der Waals surface area (Å²) in [5, 5.41) is 11.1. The van der Waals surface area contributed by atoms with E-state index in [0.29, 0.717) is 31.1 Å². The van der Waals surface area contributed by atoms with E-state index in [0.717, 1.165) is 5.56 Å². The van der Waals surface area contributed by atoms with Crippen LogP contribution in [0.1, 0.15) is 18.9 Å². The molecule has 108 valence electrons. The van der Waals surface area contributed by atoms with Crippen LogP contribution in [0.3, 0.4) is 0 Å². The second-order valence-electron chi connectivity index (χ2n) is 4.61. The van der Waals surface area contributed by atoms with Crippen molar-refractivity contribution in [3.8, 4) is 11.5 Å². The molecule has 1 aliphatic rings. The average Bonchev–Trinajstić information content (AvgIpc) is 2.44. The predicted octanol–water partition coefficient (Wildman–Crippen LogP) is 0.980. The van der Waals surface area contributed by atoms with E-state index in [1.807, 2.05) is 18.2 Å². The molecule has 2 N–H and O–H groups in total. The zero-order valence-corrected chi connectivity index (χ0v) is 11.2. The molecular weight excluding hydrogens is 262 g/mol. The Hall–Kier alpha value is -2.24. The summed E-state index contributed by atoms with van der Waals surface area (Å²) in [5.74, 6) is 0.0736. The second kappa shape index (κ2) is 6.27. The monoisotopic (exact) mass is 279 g/mol. The number of carbonyl (C=O) groups is 2. The molecule has 0 aromatic heterocycles. The first-order valence-electron chi connectivity index (χ1n) is 6.47. The Labute approximate surface area is 116 Å². The average molecular weight is 279 g/mol. The number of rotatable bonds is 5. The zero-order chi connectivity index (χ0) is 14.5. The molecule has 1 heterocycles. The summed E-state index contributed by atoms with van der Waals surface area (Å²) < 4.78 is 10.9. The van der Waals surface area contributed by atoms with Crippen LogP contribution in [0.5, 0.6) is 11.5 Å². The summed E-state index contributed by atoms with van der Waals surface area (Å²) >= 11 is 0. The highest BCUT2D eigenvalue weighted by Crippen LogP contribution is 2.30. The van der Waals surface area contributed by atoms with E-state index in [1.54, 1.807) is 0 Å². The Morgan fingerprint density at radius 1 is 1.30 bits per heavy atom. The second-order valence-corrected chi connectivity index (χ2v) is 4.61. The lowest BCUT2D eigenvalue weighted by molar-refractivity contribution is -0.141. The Morgan fingerprint density at radius 3 is 2.70 bits per heavy atom. The topological polar surface area (TPSA) is 84.9 Å². The molecule has 0 spiro atoms. The van der Waals surface area contributed by atoms with E-state index in [1.165, 1.54) is 6.92 Å². The van der Waals surface area contributed by atoms with Crippen LogP contribution in [-0.2, 0) is 16.0 Å². The quantitative estimate of drug-likeness (QED) is 0.839. The smallest absolute Gasteiger partial charge is 0.325 e. The lowest BCUT2D eigenvalue weighted by atomic mass is 10.1. The highest BCUT2D eigenvalue weighted by atomic mass is 16.6. The van der Waals surface area contributed by atoms with Gasteiger partial charge in [-0.3, -0.25) is 9.59 Å². The normalized spacial score (nSPS) is 14.4. The Bertz CT molecular complexity index is 514. The fourth-order valence-corrected chi connectivity index (χ4v) is 1.88. The Kier molecular flexibility index (Phi) is 4.45. The van der Waals surface area contributed by atoms with E-state index >= 15 is 0 Å². The van der Waals surface area contributed by atoms with Gasteiger partial charge in [-0.2, -0.15) is 0 Å². The summed E-state index contributed by atoms with van der Waals surface area (Å²) in [5.41, 5.74) is 0.951. The van der Waals surface area contributed by atoms with Crippen molar-refractivity contribution in [2.24, 2.45) is 0 Å². The van der Waals surface area contributed by atoms with Crippen LogP contribution >= 0.6 is 0 Å². The van der Waals surface area contributed by atoms with Gasteiger partial charge in [0.1, 0.15) is 19.3 Å². The maximum atomic E-state index is 11.6. The highest BCUT2D eigenvalue weighted by Gasteiger charge is 2.15. The molecule has 0 aliphatic carbocycles. The summed E-state index contributed by atoms with van der Waals surface area (Å²) in [4.78, 5) is 22.2. The predicted molar refractivity (Wildman–Crippen MR) is 71.0 cm³/mol. The summed E-state index contributed by atoms with van der Waals surface area (Å²) in [6.45, 7) is 2.50. The third-order valence-electron chi connectivity index (χ3n) is 3.00. The van der Waals surface area contributed by atoms with Crippen molar-refractivity contribution >= 4 is 11.9 Å². The van der Waals surface area contributed by atoms with Gasteiger partial charge in [0, 0.05) is 6.42 Å². The lowest BCUT2D eigenvalue weighted by Gasteiger charge is -2.18. The van der Waals surface area contributed by atoms with Gasteiger partial charge in [-0.15, -0.1) is 0 Å². The molecule has 1 aromatic carbocycles. The third-order valence-corrected chi connectivity index (χ3v) is 3.00. The molecule has 20 heavy (non-hydrogen) atoms. The molecule has 0 fully saturated rings. The van der Waals surface area contributed by atoms with Gasteiger partial charge in [0.15, 0.2) is 11.5 Å². The first kappa shape index (κ1) is 14.2. The number of carboxylic acids is 1. The van der Waals surface area contributed by atoms with Crippen LogP contribution in [0.2, 0.25) is 0 Å². The van der Waals surface area contributed by atoms with E-state index in [2.05, 4.69) is 5.32 Å². The standard InChI is InChI=1S/C14H17NO5/c1-9(14(17)18)15-13(16)5-3-10-2-4-11-12(8-10)20-7-6-19-11/h2,4,8-9H,3,5-7H2,1H3,(H,15,16)(H,17,18)/t9-/m0/s1. The maximum absolute atomic E-state index is 11.6.